The van der Waals surface area contributed by atoms with Crippen molar-refractivity contribution in [1.82, 2.24) is 14.5 Å². The fraction of sp³-hybridized carbons (Fsp3) is 0.375. The molecule has 1 saturated heterocycles. The van der Waals surface area contributed by atoms with Crippen LogP contribution in [-0.2, 0) is 4.74 Å². The number of rotatable bonds is 4. The van der Waals surface area contributed by atoms with Gasteiger partial charge in [0.2, 0.25) is 5.88 Å². The molecule has 0 unspecified atom stereocenters. The highest BCUT2D eigenvalue weighted by atomic mass is 16.6. The number of aliphatic hydroxyl groups excluding tert-OH is 3. The fourth-order valence-corrected chi connectivity index (χ4v) is 3.13. The summed E-state index contributed by atoms with van der Waals surface area (Å²) < 4.78 is 18.0. The van der Waals surface area contributed by atoms with Crippen LogP contribution in [0, 0.1) is 0 Å². The third-order valence-corrected chi connectivity index (χ3v) is 4.35. The van der Waals surface area contributed by atoms with Gasteiger partial charge in [-0.3, -0.25) is 0 Å². The van der Waals surface area contributed by atoms with Crippen molar-refractivity contribution < 1.29 is 29.2 Å². The van der Waals surface area contributed by atoms with E-state index in [2.05, 4.69) is 9.97 Å². The van der Waals surface area contributed by atoms with E-state index in [1.165, 1.54) is 13.4 Å². The first-order valence-electron chi connectivity index (χ1n) is 7.71. The van der Waals surface area contributed by atoms with Gasteiger partial charge in [0.1, 0.15) is 36.0 Å². The molecule has 4 heterocycles. The van der Waals surface area contributed by atoms with E-state index >= 15 is 0 Å². The molecule has 3 aromatic heterocycles. The van der Waals surface area contributed by atoms with E-state index in [1.54, 1.807) is 29.2 Å². The molecule has 0 spiro atoms. The van der Waals surface area contributed by atoms with E-state index < -0.39 is 31.1 Å². The molecule has 3 N–H and O–H groups in total. The Balaban J connectivity index is 1.91. The molecule has 1 aliphatic rings. The van der Waals surface area contributed by atoms with Gasteiger partial charge >= 0.3 is 0 Å². The summed E-state index contributed by atoms with van der Waals surface area (Å²) in [4.78, 5) is 8.39. The SMILES string of the molecule is COc1ncnc2c1c(-c1ccco1)cn2[C@@H]1O[C@H](CO)[C@@H](O)[C@H]1O. The van der Waals surface area contributed by atoms with Gasteiger partial charge in [0.15, 0.2) is 6.23 Å². The standard InChI is InChI=1S/C16H17N3O6/c1-23-15-11-8(9-3-2-4-24-9)5-19(14(11)17-7-18-15)16-13(22)12(21)10(6-20)25-16/h2-5,7,10,12-13,16,20-22H,6H2,1H3/t10-,12-,13-,16-/m1/s1. The summed E-state index contributed by atoms with van der Waals surface area (Å²) in [6, 6.07) is 3.53. The van der Waals surface area contributed by atoms with Crippen LogP contribution in [0.4, 0.5) is 0 Å². The number of ether oxygens (including phenoxy) is 2. The lowest BCUT2D eigenvalue weighted by atomic mass is 10.1. The number of hydrogen-bond donors (Lipinski definition) is 3. The second-order valence-electron chi connectivity index (χ2n) is 5.74. The van der Waals surface area contributed by atoms with Gasteiger partial charge in [0.05, 0.1) is 25.4 Å². The van der Waals surface area contributed by atoms with Gasteiger partial charge in [0, 0.05) is 11.8 Å². The minimum Gasteiger partial charge on any atom is -0.480 e. The monoisotopic (exact) mass is 347 g/mol. The molecule has 9 heteroatoms. The van der Waals surface area contributed by atoms with E-state index in [1.807, 2.05) is 0 Å². The predicted molar refractivity (Wildman–Crippen MR) is 84.8 cm³/mol. The van der Waals surface area contributed by atoms with Crippen molar-refractivity contribution >= 4 is 11.0 Å². The average molecular weight is 347 g/mol. The van der Waals surface area contributed by atoms with E-state index in [4.69, 9.17) is 13.9 Å². The Kier molecular flexibility index (Phi) is 3.92. The van der Waals surface area contributed by atoms with Crippen molar-refractivity contribution in [2.75, 3.05) is 13.7 Å². The van der Waals surface area contributed by atoms with Crippen LogP contribution in [0.25, 0.3) is 22.4 Å². The predicted octanol–water partition coefficient (Wildman–Crippen LogP) is 0.311. The summed E-state index contributed by atoms with van der Waals surface area (Å²) in [5.74, 6) is 0.922. The first-order chi connectivity index (χ1) is 12.2. The summed E-state index contributed by atoms with van der Waals surface area (Å²) in [7, 11) is 1.50. The highest BCUT2D eigenvalue weighted by molar-refractivity contribution is 5.96. The van der Waals surface area contributed by atoms with Crippen molar-refractivity contribution in [2.45, 2.75) is 24.5 Å². The molecule has 9 nitrogen and oxygen atoms in total. The normalized spacial score (nSPS) is 26.4. The molecule has 4 rings (SSSR count). The van der Waals surface area contributed by atoms with Crippen LogP contribution in [0.2, 0.25) is 0 Å². The Morgan fingerprint density at radius 3 is 2.76 bits per heavy atom. The van der Waals surface area contributed by atoms with E-state index in [0.29, 0.717) is 28.2 Å². The Morgan fingerprint density at radius 2 is 2.12 bits per heavy atom. The molecule has 1 aliphatic heterocycles. The Hall–Kier alpha value is -2.46. The molecular formula is C16H17N3O6. The van der Waals surface area contributed by atoms with Crippen molar-refractivity contribution in [3.05, 3.63) is 30.9 Å². The largest absolute Gasteiger partial charge is 0.480 e. The van der Waals surface area contributed by atoms with Gasteiger partial charge in [-0.05, 0) is 12.1 Å². The Morgan fingerprint density at radius 1 is 1.28 bits per heavy atom. The van der Waals surface area contributed by atoms with Crippen LogP contribution >= 0.6 is 0 Å². The molecule has 0 saturated carbocycles. The van der Waals surface area contributed by atoms with Gasteiger partial charge in [-0.25, -0.2) is 9.97 Å². The topological polar surface area (TPSA) is 123 Å². The summed E-state index contributed by atoms with van der Waals surface area (Å²) >= 11 is 0. The lowest BCUT2D eigenvalue weighted by molar-refractivity contribution is -0.0508. The van der Waals surface area contributed by atoms with Crippen LogP contribution in [0.3, 0.4) is 0 Å². The van der Waals surface area contributed by atoms with Gasteiger partial charge in [-0.1, -0.05) is 0 Å². The van der Waals surface area contributed by atoms with Gasteiger partial charge in [-0.15, -0.1) is 0 Å². The first-order valence-corrected chi connectivity index (χ1v) is 7.71. The van der Waals surface area contributed by atoms with Crippen LogP contribution < -0.4 is 4.74 Å². The summed E-state index contributed by atoms with van der Waals surface area (Å²) in [6.45, 7) is -0.405. The second-order valence-corrected chi connectivity index (χ2v) is 5.74. The zero-order valence-corrected chi connectivity index (χ0v) is 13.3. The van der Waals surface area contributed by atoms with Crippen LogP contribution in [-0.4, -0.2) is 61.9 Å². The maximum atomic E-state index is 10.3. The second kappa shape index (κ2) is 6.12. The molecule has 0 aromatic carbocycles. The Labute approximate surface area is 142 Å². The highest BCUT2D eigenvalue weighted by Gasteiger charge is 2.44. The maximum absolute atomic E-state index is 10.3. The summed E-state index contributed by atoms with van der Waals surface area (Å²) in [6.07, 6.45) is 0.348. The number of hydrogen-bond acceptors (Lipinski definition) is 8. The lowest BCUT2D eigenvalue weighted by Gasteiger charge is -2.17. The minimum atomic E-state index is -1.22. The molecule has 0 amide bonds. The quantitative estimate of drug-likeness (QED) is 0.616. The molecule has 132 valence electrons. The third-order valence-electron chi connectivity index (χ3n) is 4.35. The van der Waals surface area contributed by atoms with Crippen LogP contribution in [0.1, 0.15) is 6.23 Å². The van der Waals surface area contributed by atoms with Gasteiger partial charge in [-0.2, -0.15) is 0 Å². The van der Waals surface area contributed by atoms with Crippen molar-refractivity contribution in [2.24, 2.45) is 0 Å². The maximum Gasteiger partial charge on any atom is 0.226 e. The molecule has 3 aromatic rings. The number of aromatic nitrogens is 3. The zero-order valence-electron chi connectivity index (χ0n) is 13.3. The fourth-order valence-electron chi connectivity index (χ4n) is 3.13. The smallest absolute Gasteiger partial charge is 0.226 e. The number of aliphatic hydroxyl groups is 3. The van der Waals surface area contributed by atoms with Gasteiger partial charge < -0.3 is 33.8 Å². The number of methoxy groups -OCH3 is 1. The van der Waals surface area contributed by atoms with Crippen LogP contribution in [0.15, 0.2) is 35.3 Å². The average Bonchev–Trinajstić information content (AvgIpc) is 3.34. The molecule has 0 radical (unpaired) electrons. The Bertz CT molecular complexity index is 878. The van der Waals surface area contributed by atoms with Crippen molar-refractivity contribution in [1.29, 1.82) is 0 Å². The lowest BCUT2D eigenvalue weighted by Crippen LogP contribution is -2.33. The number of fused-ring (bicyclic) bond motifs is 1. The molecule has 0 bridgehead atoms. The van der Waals surface area contributed by atoms with Crippen molar-refractivity contribution in [3.8, 4) is 17.2 Å². The minimum absolute atomic E-state index is 0.349. The third kappa shape index (κ3) is 2.40. The molecule has 1 fully saturated rings. The van der Waals surface area contributed by atoms with E-state index in [-0.39, 0.29) is 0 Å². The zero-order chi connectivity index (χ0) is 17.6. The molecule has 0 aliphatic carbocycles. The molecule has 4 atom stereocenters. The summed E-state index contributed by atoms with van der Waals surface area (Å²) in [5, 5.41) is 30.3. The van der Waals surface area contributed by atoms with Crippen molar-refractivity contribution in [3.63, 3.8) is 0 Å². The molecule has 25 heavy (non-hydrogen) atoms. The number of furan rings is 1. The van der Waals surface area contributed by atoms with E-state index in [0.717, 1.165) is 0 Å². The first kappa shape index (κ1) is 16.0. The number of nitrogens with zero attached hydrogens (tertiary/aromatic N) is 3. The van der Waals surface area contributed by atoms with Gasteiger partial charge in [0.25, 0.3) is 0 Å². The highest BCUT2D eigenvalue weighted by Crippen LogP contribution is 2.39. The van der Waals surface area contributed by atoms with E-state index in [9.17, 15) is 15.3 Å². The summed E-state index contributed by atoms with van der Waals surface area (Å²) in [5.41, 5.74) is 1.11. The molecular weight excluding hydrogens is 330 g/mol. The van der Waals surface area contributed by atoms with Crippen LogP contribution in [0.5, 0.6) is 5.88 Å².